The molecule has 0 aromatic carbocycles. The summed E-state index contributed by atoms with van der Waals surface area (Å²) in [4.78, 5) is 9.23. The predicted octanol–water partition coefficient (Wildman–Crippen LogP) is 4.02. The second-order valence-corrected chi connectivity index (χ2v) is 6.28. The zero-order valence-electron chi connectivity index (χ0n) is 13.2. The lowest BCUT2D eigenvalue weighted by molar-refractivity contribution is 0.360. The first kappa shape index (κ1) is 15.1. The lowest BCUT2D eigenvalue weighted by Crippen LogP contribution is -2.26. The van der Waals surface area contributed by atoms with Crippen molar-refractivity contribution in [1.29, 1.82) is 0 Å². The molecule has 1 aliphatic carbocycles. The summed E-state index contributed by atoms with van der Waals surface area (Å²) in [6.45, 7) is 9.59. The summed E-state index contributed by atoms with van der Waals surface area (Å²) in [6.07, 6.45) is 5.14. The molecule has 0 radical (unpaired) electrons. The summed E-state index contributed by atoms with van der Waals surface area (Å²) >= 11 is 0. The Labute approximate surface area is 122 Å². The Hall–Kier alpha value is -1.32. The van der Waals surface area contributed by atoms with Crippen LogP contribution in [0.5, 0.6) is 0 Å². The lowest BCUT2D eigenvalue weighted by Gasteiger charge is -2.27. The highest BCUT2D eigenvalue weighted by molar-refractivity contribution is 5.48. The number of anilines is 2. The van der Waals surface area contributed by atoms with Crippen molar-refractivity contribution in [2.45, 2.75) is 65.3 Å². The maximum Gasteiger partial charge on any atom is 0.135 e. The third-order valence-electron chi connectivity index (χ3n) is 3.99. The molecule has 0 bridgehead atoms. The van der Waals surface area contributed by atoms with E-state index < -0.39 is 0 Å². The third kappa shape index (κ3) is 4.09. The number of hydrogen-bond acceptors (Lipinski definition) is 4. The average molecular weight is 276 g/mol. The van der Waals surface area contributed by atoms with Crippen LogP contribution in [0.1, 0.15) is 65.1 Å². The molecule has 20 heavy (non-hydrogen) atoms. The smallest absolute Gasteiger partial charge is 0.135 e. The number of rotatable bonds is 5. The second kappa shape index (κ2) is 6.91. The molecule has 1 fully saturated rings. The van der Waals surface area contributed by atoms with Crippen molar-refractivity contribution in [3.8, 4) is 0 Å². The molecule has 1 saturated carbocycles. The molecule has 0 atom stereocenters. The maximum atomic E-state index is 4.67. The van der Waals surface area contributed by atoms with Gasteiger partial charge in [0.05, 0.1) is 0 Å². The van der Waals surface area contributed by atoms with E-state index in [0.717, 1.165) is 29.9 Å². The number of aromatic nitrogens is 2. The molecule has 4 nitrogen and oxygen atoms in total. The van der Waals surface area contributed by atoms with Crippen molar-refractivity contribution in [2.75, 3.05) is 17.2 Å². The highest BCUT2D eigenvalue weighted by atomic mass is 15.1. The summed E-state index contributed by atoms with van der Waals surface area (Å²) in [5, 5.41) is 6.90. The normalized spacial score (nSPS) is 22.9. The van der Waals surface area contributed by atoms with Crippen molar-refractivity contribution >= 4 is 11.6 Å². The van der Waals surface area contributed by atoms with Crippen molar-refractivity contribution in [3.05, 3.63) is 11.9 Å². The van der Waals surface area contributed by atoms with Gasteiger partial charge in [-0.3, -0.25) is 0 Å². The van der Waals surface area contributed by atoms with E-state index in [2.05, 4.69) is 48.3 Å². The Balaban J connectivity index is 2.09. The zero-order valence-corrected chi connectivity index (χ0v) is 13.2. The van der Waals surface area contributed by atoms with Gasteiger partial charge in [0.2, 0.25) is 0 Å². The minimum atomic E-state index is 0.348. The van der Waals surface area contributed by atoms with Crippen LogP contribution in [0.2, 0.25) is 0 Å². The maximum absolute atomic E-state index is 4.67. The van der Waals surface area contributed by atoms with Crippen LogP contribution in [0.25, 0.3) is 0 Å². The third-order valence-corrected chi connectivity index (χ3v) is 3.99. The Morgan fingerprint density at radius 2 is 1.80 bits per heavy atom. The van der Waals surface area contributed by atoms with Gasteiger partial charge in [0.25, 0.3) is 0 Å². The van der Waals surface area contributed by atoms with Gasteiger partial charge in [-0.1, -0.05) is 20.8 Å². The summed E-state index contributed by atoms with van der Waals surface area (Å²) in [7, 11) is 0. The fourth-order valence-electron chi connectivity index (χ4n) is 2.68. The van der Waals surface area contributed by atoms with Crippen molar-refractivity contribution in [1.82, 2.24) is 9.97 Å². The fourth-order valence-corrected chi connectivity index (χ4v) is 2.68. The van der Waals surface area contributed by atoms with Crippen LogP contribution in [0.15, 0.2) is 6.07 Å². The number of nitrogens with one attached hydrogen (secondary N) is 2. The van der Waals surface area contributed by atoms with Crippen LogP contribution >= 0.6 is 0 Å². The first-order valence-electron chi connectivity index (χ1n) is 7.97. The van der Waals surface area contributed by atoms with Gasteiger partial charge in [-0.2, -0.15) is 0 Å². The first-order chi connectivity index (χ1) is 9.58. The number of hydrogen-bond donors (Lipinski definition) is 2. The lowest BCUT2D eigenvalue weighted by atomic mass is 9.87. The summed E-state index contributed by atoms with van der Waals surface area (Å²) in [5.41, 5.74) is 0. The minimum absolute atomic E-state index is 0.348. The highest BCUT2D eigenvalue weighted by Gasteiger charge is 2.19. The molecule has 0 aliphatic heterocycles. The van der Waals surface area contributed by atoms with Gasteiger partial charge < -0.3 is 10.6 Å². The quantitative estimate of drug-likeness (QED) is 0.852. The second-order valence-electron chi connectivity index (χ2n) is 6.28. The Bertz CT molecular complexity index is 422. The Morgan fingerprint density at radius 3 is 2.40 bits per heavy atom. The van der Waals surface area contributed by atoms with Gasteiger partial charge in [0.15, 0.2) is 0 Å². The van der Waals surface area contributed by atoms with Gasteiger partial charge in [0, 0.05) is 24.6 Å². The Kier molecular flexibility index (Phi) is 5.21. The van der Waals surface area contributed by atoms with E-state index in [-0.39, 0.29) is 0 Å². The van der Waals surface area contributed by atoms with E-state index in [9.17, 15) is 0 Å². The summed E-state index contributed by atoms with van der Waals surface area (Å²) in [5.74, 6) is 4.04. The first-order valence-corrected chi connectivity index (χ1v) is 7.97. The fraction of sp³-hybridized carbons (Fsp3) is 0.750. The molecule has 4 heteroatoms. The zero-order chi connectivity index (χ0) is 14.5. The monoisotopic (exact) mass is 276 g/mol. The molecule has 1 aromatic rings. The van der Waals surface area contributed by atoms with Crippen LogP contribution in [-0.2, 0) is 0 Å². The molecular formula is C16H28N4. The van der Waals surface area contributed by atoms with Crippen LogP contribution in [0.4, 0.5) is 11.6 Å². The van der Waals surface area contributed by atoms with E-state index in [1.807, 2.05) is 6.07 Å². The topological polar surface area (TPSA) is 49.8 Å². The molecule has 0 unspecified atom stereocenters. The summed E-state index contributed by atoms with van der Waals surface area (Å²) in [6, 6.07) is 2.60. The Morgan fingerprint density at radius 1 is 1.15 bits per heavy atom. The molecule has 1 aliphatic rings. The predicted molar refractivity (Wildman–Crippen MR) is 85.3 cm³/mol. The van der Waals surface area contributed by atoms with Crippen molar-refractivity contribution in [2.24, 2.45) is 5.92 Å². The molecule has 0 saturated heterocycles. The average Bonchev–Trinajstić information content (AvgIpc) is 2.41. The molecule has 112 valence electrons. The van der Waals surface area contributed by atoms with Gasteiger partial charge in [-0.05, 0) is 38.5 Å². The molecular weight excluding hydrogens is 248 g/mol. The molecule has 0 spiro atoms. The van der Waals surface area contributed by atoms with Crippen LogP contribution in [0.3, 0.4) is 0 Å². The van der Waals surface area contributed by atoms with Gasteiger partial charge in [0.1, 0.15) is 17.5 Å². The van der Waals surface area contributed by atoms with Crippen molar-refractivity contribution < 1.29 is 0 Å². The van der Waals surface area contributed by atoms with E-state index in [4.69, 9.17) is 0 Å². The van der Waals surface area contributed by atoms with E-state index >= 15 is 0 Å². The standard InChI is InChI=1S/C16H28N4/c1-5-17-14-10-15(20-16(19-14)11(2)3)18-13-8-6-12(4)7-9-13/h10-13H,5-9H2,1-4H3,(H2,17,18,19,20). The van der Waals surface area contributed by atoms with E-state index in [1.165, 1.54) is 25.7 Å². The van der Waals surface area contributed by atoms with Crippen LogP contribution in [-0.4, -0.2) is 22.6 Å². The molecule has 1 heterocycles. The SMILES string of the molecule is CCNc1cc(NC2CCC(C)CC2)nc(C(C)C)n1. The molecule has 0 amide bonds. The van der Waals surface area contributed by atoms with Crippen LogP contribution < -0.4 is 10.6 Å². The van der Waals surface area contributed by atoms with Gasteiger partial charge >= 0.3 is 0 Å². The molecule has 2 N–H and O–H groups in total. The molecule has 2 rings (SSSR count). The minimum Gasteiger partial charge on any atom is -0.370 e. The largest absolute Gasteiger partial charge is 0.370 e. The number of nitrogens with zero attached hydrogens (tertiary/aromatic N) is 2. The van der Waals surface area contributed by atoms with E-state index in [1.54, 1.807) is 0 Å². The highest BCUT2D eigenvalue weighted by Crippen LogP contribution is 2.26. The van der Waals surface area contributed by atoms with Gasteiger partial charge in [-0.25, -0.2) is 9.97 Å². The van der Waals surface area contributed by atoms with Crippen molar-refractivity contribution in [3.63, 3.8) is 0 Å². The van der Waals surface area contributed by atoms with E-state index in [0.29, 0.717) is 12.0 Å². The summed E-state index contributed by atoms with van der Waals surface area (Å²) < 4.78 is 0. The van der Waals surface area contributed by atoms with Gasteiger partial charge in [-0.15, -0.1) is 0 Å². The van der Waals surface area contributed by atoms with Crippen LogP contribution in [0, 0.1) is 5.92 Å². The molecule has 1 aromatic heterocycles.